The Kier molecular flexibility index (Phi) is 4.96. The quantitative estimate of drug-likeness (QED) is 0.873. The Bertz CT molecular complexity index is 463. The molecule has 1 aliphatic rings. The van der Waals surface area contributed by atoms with E-state index in [1.54, 1.807) is 18.2 Å². The molecule has 1 aliphatic heterocycles. The number of benzene rings is 1. The lowest BCUT2D eigenvalue weighted by Crippen LogP contribution is -2.21. The van der Waals surface area contributed by atoms with Crippen molar-refractivity contribution in [3.05, 3.63) is 28.8 Å². The average Bonchev–Trinajstić information content (AvgIpc) is 2.86. The smallest absolute Gasteiger partial charge is 0.312 e. The Hall–Kier alpha value is -0.910. The molecule has 1 fully saturated rings. The number of carboxylic acids is 1. The van der Waals surface area contributed by atoms with E-state index in [4.69, 9.17) is 27.2 Å². The SMILES string of the molecule is NCC(C(=O)O)c1ccc(OC2CCSC2)c(Cl)c1. The molecule has 104 valence electrons. The van der Waals surface area contributed by atoms with Crippen LogP contribution < -0.4 is 10.5 Å². The number of hydrogen-bond donors (Lipinski definition) is 2. The molecular weight excluding hydrogens is 286 g/mol. The van der Waals surface area contributed by atoms with Gasteiger partial charge in [0.2, 0.25) is 0 Å². The first-order valence-corrected chi connectivity index (χ1v) is 7.61. The van der Waals surface area contributed by atoms with E-state index in [1.807, 2.05) is 11.8 Å². The lowest BCUT2D eigenvalue weighted by Gasteiger charge is -2.16. The van der Waals surface area contributed by atoms with E-state index in [1.165, 1.54) is 0 Å². The van der Waals surface area contributed by atoms with Crippen LogP contribution in [0, 0.1) is 0 Å². The molecule has 2 unspecified atom stereocenters. The minimum Gasteiger partial charge on any atom is -0.488 e. The van der Waals surface area contributed by atoms with E-state index in [0.717, 1.165) is 17.9 Å². The molecule has 19 heavy (non-hydrogen) atoms. The molecule has 2 rings (SSSR count). The Morgan fingerprint density at radius 2 is 2.42 bits per heavy atom. The number of halogens is 1. The van der Waals surface area contributed by atoms with Gasteiger partial charge >= 0.3 is 5.97 Å². The van der Waals surface area contributed by atoms with Gasteiger partial charge in [0.15, 0.2) is 0 Å². The zero-order valence-electron chi connectivity index (χ0n) is 10.3. The second-order valence-corrected chi connectivity index (χ2v) is 5.98. The van der Waals surface area contributed by atoms with Crippen LogP contribution in [0.25, 0.3) is 0 Å². The predicted octanol–water partition coefficient (Wildman–Crippen LogP) is 2.35. The fraction of sp³-hybridized carbons (Fsp3) is 0.462. The van der Waals surface area contributed by atoms with Gasteiger partial charge < -0.3 is 15.6 Å². The minimum absolute atomic E-state index is 0.0468. The number of carboxylic acid groups (broad SMARTS) is 1. The molecule has 0 radical (unpaired) electrons. The highest BCUT2D eigenvalue weighted by Crippen LogP contribution is 2.31. The van der Waals surface area contributed by atoms with Crippen LogP contribution in [0.3, 0.4) is 0 Å². The van der Waals surface area contributed by atoms with Crippen molar-refractivity contribution in [3.63, 3.8) is 0 Å². The summed E-state index contributed by atoms with van der Waals surface area (Å²) in [5.74, 6) is 1.01. The lowest BCUT2D eigenvalue weighted by molar-refractivity contribution is -0.138. The maximum absolute atomic E-state index is 11.0. The first-order chi connectivity index (χ1) is 9.11. The summed E-state index contributed by atoms with van der Waals surface area (Å²) in [5, 5.41) is 9.50. The molecule has 0 bridgehead atoms. The Morgan fingerprint density at radius 3 is 2.95 bits per heavy atom. The summed E-state index contributed by atoms with van der Waals surface area (Å²) >= 11 is 8.01. The number of ether oxygens (including phenoxy) is 1. The molecule has 0 saturated carbocycles. The summed E-state index contributed by atoms with van der Waals surface area (Å²) in [4.78, 5) is 11.0. The normalized spacial score (nSPS) is 20.2. The van der Waals surface area contributed by atoms with Gasteiger partial charge in [-0.1, -0.05) is 17.7 Å². The average molecular weight is 302 g/mol. The molecule has 0 aliphatic carbocycles. The van der Waals surface area contributed by atoms with Gasteiger partial charge in [-0.2, -0.15) is 11.8 Å². The summed E-state index contributed by atoms with van der Waals surface area (Å²) in [6.07, 6.45) is 1.21. The number of hydrogen-bond acceptors (Lipinski definition) is 4. The summed E-state index contributed by atoms with van der Waals surface area (Å²) in [6, 6.07) is 5.08. The van der Waals surface area contributed by atoms with Crippen LogP contribution in [0.2, 0.25) is 5.02 Å². The highest BCUT2D eigenvalue weighted by atomic mass is 35.5. The van der Waals surface area contributed by atoms with Gasteiger partial charge in [-0.05, 0) is 29.9 Å². The standard InChI is InChI=1S/C13H16ClNO3S/c14-11-5-8(10(6-15)13(16)17)1-2-12(11)18-9-3-4-19-7-9/h1-2,5,9-10H,3-4,6-7,15H2,(H,16,17). The second-order valence-electron chi connectivity index (χ2n) is 4.42. The van der Waals surface area contributed by atoms with Gasteiger partial charge in [0.1, 0.15) is 11.9 Å². The van der Waals surface area contributed by atoms with Gasteiger partial charge in [0.05, 0.1) is 10.9 Å². The van der Waals surface area contributed by atoms with Crippen molar-refractivity contribution in [1.82, 2.24) is 0 Å². The number of aliphatic carboxylic acids is 1. The number of rotatable bonds is 5. The molecule has 0 spiro atoms. The summed E-state index contributed by atoms with van der Waals surface area (Å²) in [6.45, 7) is 0.0468. The molecule has 4 nitrogen and oxygen atoms in total. The fourth-order valence-electron chi connectivity index (χ4n) is 1.99. The molecule has 1 saturated heterocycles. The van der Waals surface area contributed by atoms with Crippen molar-refractivity contribution >= 4 is 29.3 Å². The van der Waals surface area contributed by atoms with Crippen LogP contribution in [0.1, 0.15) is 17.9 Å². The van der Waals surface area contributed by atoms with E-state index < -0.39 is 11.9 Å². The molecule has 0 aromatic heterocycles. The molecule has 2 atom stereocenters. The van der Waals surface area contributed by atoms with Gasteiger partial charge in [0, 0.05) is 12.3 Å². The largest absolute Gasteiger partial charge is 0.488 e. The fourth-order valence-corrected chi connectivity index (χ4v) is 3.32. The highest BCUT2D eigenvalue weighted by molar-refractivity contribution is 7.99. The van der Waals surface area contributed by atoms with Crippen LogP contribution in [0.4, 0.5) is 0 Å². The Morgan fingerprint density at radius 1 is 1.63 bits per heavy atom. The topological polar surface area (TPSA) is 72.6 Å². The zero-order chi connectivity index (χ0) is 13.8. The summed E-state index contributed by atoms with van der Waals surface area (Å²) < 4.78 is 5.80. The molecule has 3 N–H and O–H groups in total. The van der Waals surface area contributed by atoms with E-state index in [-0.39, 0.29) is 12.6 Å². The Labute approximate surface area is 121 Å². The third-order valence-electron chi connectivity index (χ3n) is 3.07. The van der Waals surface area contributed by atoms with E-state index in [0.29, 0.717) is 16.3 Å². The third-order valence-corrected chi connectivity index (χ3v) is 4.50. The maximum atomic E-state index is 11.0. The first kappa shape index (κ1) is 14.5. The second kappa shape index (κ2) is 6.50. The molecular formula is C13H16ClNO3S. The maximum Gasteiger partial charge on any atom is 0.312 e. The van der Waals surface area contributed by atoms with E-state index in [2.05, 4.69) is 0 Å². The van der Waals surface area contributed by atoms with Crippen molar-refractivity contribution in [1.29, 1.82) is 0 Å². The predicted molar refractivity (Wildman–Crippen MR) is 77.2 cm³/mol. The van der Waals surface area contributed by atoms with E-state index in [9.17, 15) is 4.79 Å². The van der Waals surface area contributed by atoms with Gasteiger partial charge in [-0.3, -0.25) is 4.79 Å². The van der Waals surface area contributed by atoms with Gasteiger partial charge in [-0.25, -0.2) is 0 Å². The summed E-state index contributed by atoms with van der Waals surface area (Å²) in [7, 11) is 0. The number of carbonyl (C=O) groups is 1. The van der Waals surface area contributed by atoms with Crippen LogP contribution in [0.5, 0.6) is 5.75 Å². The van der Waals surface area contributed by atoms with Crippen molar-refractivity contribution in [2.24, 2.45) is 5.73 Å². The van der Waals surface area contributed by atoms with Gasteiger partial charge in [0.25, 0.3) is 0 Å². The highest BCUT2D eigenvalue weighted by Gasteiger charge is 2.21. The molecule has 6 heteroatoms. The lowest BCUT2D eigenvalue weighted by atomic mass is 9.99. The summed E-state index contributed by atoms with van der Waals surface area (Å²) in [5.41, 5.74) is 6.07. The van der Waals surface area contributed by atoms with Crippen molar-refractivity contribution in [2.45, 2.75) is 18.4 Å². The van der Waals surface area contributed by atoms with Crippen molar-refractivity contribution in [2.75, 3.05) is 18.1 Å². The van der Waals surface area contributed by atoms with Crippen LogP contribution >= 0.6 is 23.4 Å². The van der Waals surface area contributed by atoms with Crippen LogP contribution in [-0.2, 0) is 4.79 Å². The molecule has 1 heterocycles. The number of thioether (sulfide) groups is 1. The van der Waals surface area contributed by atoms with Crippen LogP contribution in [-0.4, -0.2) is 35.2 Å². The number of nitrogens with two attached hydrogens (primary N) is 1. The first-order valence-electron chi connectivity index (χ1n) is 6.08. The molecule has 1 aromatic carbocycles. The third kappa shape index (κ3) is 3.55. The minimum atomic E-state index is -0.945. The zero-order valence-corrected chi connectivity index (χ0v) is 11.9. The van der Waals surface area contributed by atoms with Gasteiger partial charge in [-0.15, -0.1) is 0 Å². The Balaban J connectivity index is 2.13. The van der Waals surface area contributed by atoms with Crippen LogP contribution in [0.15, 0.2) is 18.2 Å². The monoisotopic (exact) mass is 301 g/mol. The van der Waals surface area contributed by atoms with E-state index >= 15 is 0 Å². The van der Waals surface area contributed by atoms with Crippen molar-refractivity contribution < 1.29 is 14.6 Å². The van der Waals surface area contributed by atoms with Crippen molar-refractivity contribution in [3.8, 4) is 5.75 Å². The molecule has 1 aromatic rings. The molecule has 0 amide bonds.